The molecular weight excluding hydrogens is 164 g/mol. The molecule has 8 heteroatoms. The van der Waals surface area contributed by atoms with Crippen molar-refractivity contribution in [3.8, 4) is 0 Å². The minimum Gasteiger partial charge on any atom is -0.367 e. The van der Waals surface area contributed by atoms with Crippen LogP contribution in [0.4, 0.5) is 0 Å². The van der Waals surface area contributed by atoms with Crippen molar-refractivity contribution in [3.63, 3.8) is 0 Å². The molecule has 2 amide bonds. The number of carbonyl (C=O) groups is 2. The van der Waals surface area contributed by atoms with Crippen molar-refractivity contribution < 1.29 is 9.59 Å². The topological polar surface area (TPSA) is 190 Å². The maximum atomic E-state index is 10.6. The van der Waals surface area contributed by atoms with Gasteiger partial charge in [0.25, 0.3) is 11.8 Å². The fourth-order valence-corrected chi connectivity index (χ4v) is 0.408. The van der Waals surface area contributed by atoms with Crippen molar-refractivity contribution in [1.82, 2.24) is 0 Å². The van der Waals surface area contributed by atoms with Crippen molar-refractivity contribution in [2.45, 2.75) is 11.3 Å². The lowest BCUT2D eigenvalue weighted by molar-refractivity contribution is -0.134. The van der Waals surface area contributed by atoms with Crippen LogP contribution in [0.15, 0.2) is 0 Å². The summed E-state index contributed by atoms with van der Waals surface area (Å²) in [6, 6.07) is 0. The zero-order chi connectivity index (χ0) is 10.2. The lowest BCUT2D eigenvalue weighted by Gasteiger charge is -2.34. The van der Waals surface area contributed by atoms with Gasteiger partial charge < -0.3 is 34.4 Å². The molecule has 0 aliphatic carbocycles. The fraction of sp³-hybridized carbons (Fsp3) is 0.500. The maximum Gasteiger partial charge on any atom is 0.256 e. The monoisotopic (exact) mass is 176 g/mol. The van der Waals surface area contributed by atoms with Gasteiger partial charge in [0.15, 0.2) is 11.3 Å². The Labute approximate surface area is 68.2 Å². The van der Waals surface area contributed by atoms with Gasteiger partial charge in [-0.25, -0.2) is 0 Å². The first-order chi connectivity index (χ1) is 5.14. The van der Waals surface area contributed by atoms with Crippen LogP contribution in [-0.4, -0.2) is 23.1 Å². The number of nitrogens with two attached hydrogens (primary N) is 6. The summed E-state index contributed by atoms with van der Waals surface area (Å²) in [5.41, 5.74) is 25.1. The molecule has 0 radical (unpaired) electrons. The van der Waals surface area contributed by atoms with E-state index < -0.39 is 23.1 Å². The third-order valence-electron chi connectivity index (χ3n) is 1.50. The lowest BCUT2D eigenvalue weighted by atomic mass is 9.94. The Bertz CT molecular complexity index is 198. The highest BCUT2D eigenvalue weighted by atomic mass is 16.2. The van der Waals surface area contributed by atoms with E-state index in [9.17, 15) is 9.59 Å². The Hall–Kier alpha value is -1.22. The molecule has 0 aromatic carbocycles. The first-order valence-corrected chi connectivity index (χ1v) is 2.89. The summed E-state index contributed by atoms with van der Waals surface area (Å²) in [7, 11) is 0. The highest BCUT2D eigenvalue weighted by Gasteiger charge is 2.49. The van der Waals surface area contributed by atoms with E-state index in [0.29, 0.717) is 0 Å². The summed E-state index contributed by atoms with van der Waals surface area (Å²) in [6.07, 6.45) is 0. The van der Waals surface area contributed by atoms with Gasteiger partial charge in [0, 0.05) is 0 Å². The number of hydrogen-bond acceptors (Lipinski definition) is 6. The van der Waals surface area contributed by atoms with Crippen LogP contribution in [0.2, 0.25) is 0 Å². The molecule has 0 unspecified atom stereocenters. The molecule has 0 aromatic rings. The van der Waals surface area contributed by atoms with Crippen molar-refractivity contribution in [1.29, 1.82) is 0 Å². The van der Waals surface area contributed by atoms with Gasteiger partial charge in [0.05, 0.1) is 0 Å². The number of primary amides is 2. The van der Waals surface area contributed by atoms with Gasteiger partial charge in [0.1, 0.15) is 0 Å². The van der Waals surface area contributed by atoms with Gasteiger partial charge in [0.2, 0.25) is 0 Å². The van der Waals surface area contributed by atoms with E-state index in [4.69, 9.17) is 34.4 Å². The van der Waals surface area contributed by atoms with E-state index in [1.165, 1.54) is 0 Å². The summed E-state index contributed by atoms with van der Waals surface area (Å²) in [6.45, 7) is 0. The van der Waals surface area contributed by atoms with Crippen LogP contribution in [0.25, 0.3) is 0 Å². The molecule has 0 fully saturated rings. The molecule has 0 heterocycles. The van der Waals surface area contributed by atoms with E-state index in [0.717, 1.165) is 0 Å². The van der Waals surface area contributed by atoms with Gasteiger partial charge in [-0.1, -0.05) is 0 Å². The lowest BCUT2D eigenvalue weighted by Crippen LogP contribution is -2.84. The number of carbonyl (C=O) groups excluding carboxylic acids is 2. The summed E-state index contributed by atoms with van der Waals surface area (Å²) >= 11 is 0. The Morgan fingerprint density at radius 1 is 0.750 bits per heavy atom. The second kappa shape index (κ2) is 2.68. The zero-order valence-electron chi connectivity index (χ0n) is 6.28. The molecule has 0 aliphatic heterocycles. The minimum absolute atomic E-state index is 1.22. The standard InChI is InChI=1S/C4H12N6O2/c5-1(11)3(7,8)4(9,10)2(6)12/h7-10H2,(H2,5,11)(H2,6,12). The second-order valence-electron chi connectivity index (χ2n) is 2.47. The van der Waals surface area contributed by atoms with E-state index in [-0.39, 0.29) is 0 Å². The number of amides is 2. The van der Waals surface area contributed by atoms with E-state index >= 15 is 0 Å². The summed E-state index contributed by atoms with van der Waals surface area (Å²) < 4.78 is 0. The van der Waals surface area contributed by atoms with Crippen LogP contribution in [0.1, 0.15) is 0 Å². The number of hydrogen-bond donors (Lipinski definition) is 6. The van der Waals surface area contributed by atoms with E-state index in [1.807, 2.05) is 0 Å². The van der Waals surface area contributed by atoms with Crippen LogP contribution in [0.5, 0.6) is 0 Å². The average molecular weight is 176 g/mol. The molecule has 8 nitrogen and oxygen atoms in total. The first-order valence-electron chi connectivity index (χ1n) is 2.89. The fourth-order valence-electron chi connectivity index (χ4n) is 0.408. The van der Waals surface area contributed by atoms with E-state index in [1.54, 1.807) is 0 Å². The molecule has 12 N–H and O–H groups in total. The Morgan fingerprint density at radius 2 is 0.917 bits per heavy atom. The molecule has 0 saturated carbocycles. The Morgan fingerprint density at radius 3 is 1.00 bits per heavy atom. The first kappa shape index (κ1) is 10.8. The molecule has 0 atom stereocenters. The second-order valence-corrected chi connectivity index (χ2v) is 2.47. The average Bonchev–Trinajstić information content (AvgIpc) is 1.86. The molecule has 0 rings (SSSR count). The SMILES string of the molecule is NC(=O)C(N)(N)C(N)(N)C(N)=O. The predicted octanol–water partition coefficient (Wildman–Crippen LogP) is -4.82. The maximum absolute atomic E-state index is 10.6. The van der Waals surface area contributed by atoms with E-state index in [2.05, 4.69) is 0 Å². The largest absolute Gasteiger partial charge is 0.367 e. The highest BCUT2D eigenvalue weighted by molar-refractivity contribution is 5.96. The molecule has 0 spiro atoms. The molecule has 0 aliphatic rings. The summed E-state index contributed by atoms with van der Waals surface area (Å²) in [4.78, 5) is 21.2. The number of rotatable bonds is 3. The zero-order valence-corrected chi connectivity index (χ0v) is 6.28. The molecule has 0 bridgehead atoms. The van der Waals surface area contributed by atoms with Crippen LogP contribution >= 0.6 is 0 Å². The normalized spacial score (nSPS) is 12.7. The predicted molar refractivity (Wildman–Crippen MR) is 40.6 cm³/mol. The third-order valence-corrected chi connectivity index (χ3v) is 1.50. The summed E-state index contributed by atoms with van der Waals surface area (Å²) in [5, 5.41) is 0. The third kappa shape index (κ3) is 1.36. The quantitative estimate of drug-likeness (QED) is 0.233. The highest BCUT2D eigenvalue weighted by Crippen LogP contribution is 2.03. The molecule has 0 saturated heterocycles. The van der Waals surface area contributed by atoms with Gasteiger partial charge >= 0.3 is 0 Å². The Kier molecular flexibility index (Phi) is 2.41. The van der Waals surface area contributed by atoms with Crippen LogP contribution in [0.3, 0.4) is 0 Å². The van der Waals surface area contributed by atoms with Crippen molar-refractivity contribution in [2.24, 2.45) is 34.4 Å². The van der Waals surface area contributed by atoms with Gasteiger partial charge in [-0.05, 0) is 0 Å². The minimum atomic E-state index is -2.36. The summed E-state index contributed by atoms with van der Waals surface area (Å²) in [5.74, 6) is -2.43. The molecule has 0 aromatic heterocycles. The van der Waals surface area contributed by atoms with Crippen molar-refractivity contribution in [2.75, 3.05) is 0 Å². The van der Waals surface area contributed by atoms with Crippen molar-refractivity contribution >= 4 is 11.8 Å². The molecule has 70 valence electrons. The van der Waals surface area contributed by atoms with Crippen molar-refractivity contribution in [3.05, 3.63) is 0 Å². The van der Waals surface area contributed by atoms with Gasteiger partial charge in [-0.3, -0.25) is 9.59 Å². The van der Waals surface area contributed by atoms with Crippen LogP contribution in [0, 0.1) is 0 Å². The van der Waals surface area contributed by atoms with Gasteiger partial charge in [-0.2, -0.15) is 0 Å². The molecular formula is C4H12N6O2. The molecule has 12 heavy (non-hydrogen) atoms. The Balaban J connectivity index is 5.01. The smallest absolute Gasteiger partial charge is 0.256 e. The van der Waals surface area contributed by atoms with Crippen LogP contribution in [-0.2, 0) is 9.59 Å². The van der Waals surface area contributed by atoms with Crippen LogP contribution < -0.4 is 34.4 Å². The van der Waals surface area contributed by atoms with Gasteiger partial charge in [-0.15, -0.1) is 0 Å².